The number of pyridine rings is 1. The number of hydrogen-bond donors (Lipinski definition) is 2. The Labute approximate surface area is 187 Å². The van der Waals surface area contributed by atoms with E-state index in [1.807, 2.05) is 44.2 Å². The Kier molecular flexibility index (Phi) is 5.87. The van der Waals surface area contributed by atoms with Crippen molar-refractivity contribution in [1.29, 1.82) is 5.26 Å². The fourth-order valence-electron chi connectivity index (χ4n) is 3.25. The third-order valence-electron chi connectivity index (χ3n) is 4.77. The predicted molar refractivity (Wildman–Crippen MR) is 116 cm³/mol. The molecule has 10 heteroatoms. The lowest BCUT2D eigenvalue weighted by atomic mass is 10.1. The Morgan fingerprint density at radius 1 is 1.15 bits per heavy atom. The first-order chi connectivity index (χ1) is 15.7. The summed E-state index contributed by atoms with van der Waals surface area (Å²) in [5, 5.41) is 12.8. The molecule has 7 nitrogen and oxygen atoms in total. The van der Waals surface area contributed by atoms with Gasteiger partial charge in [0, 0.05) is 29.9 Å². The standard InChI is InChI=1S/C23H19F3N6O/c1-13(2)33-17-5-3-14(4-6-17)9-30-22-31-10-15(8-27)20(32-22)19-12-29-21-18(19)7-16(11-28-21)23(24,25)26/h3-7,10-13H,9H2,1-2H3,(H,28,29)(H,30,31,32). The summed E-state index contributed by atoms with van der Waals surface area (Å²) < 4.78 is 45.1. The van der Waals surface area contributed by atoms with Gasteiger partial charge in [-0.2, -0.15) is 18.4 Å². The third-order valence-corrected chi connectivity index (χ3v) is 4.77. The van der Waals surface area contributed by atoms with E-state index in [1.165, 1.54) is 12.4 Å². The highest BCUT2D eigenvalue weighted by molar-refractivity contribution is 5.94. The maximum Gasteiger partial charge on any atom is 0.417 e. The number of ether oxygens (including phenoxy) is 1. The summed E-state index contributed by atoms with van der Waals surface area (Å²) in [5.41, 5.74) is 1.01. The lowest BCUT2D eigenvalue weighted by molar-refractivity contribution is -0.137. The van der Waals surface area contributed by atoms with E-state index >= 15 is 0 Å². The van der Waals surface area contributed by atoms with Crippen LogP contribution in [0.4, 0.5) is 19.1 Å². The molecule has 0 unspecified atom stereocenters. The molecule has 0 atom stereocenters. The number of halogens is 3. The zero-order chi connectivity index (χ0) is 23.6. The molecule has 0 bridgehead atoms. The fraction of sp³-hybridized carbons (Fsp3) is 0.217. The van der Waals surface area contributed by atoms with Crippen LogP contribution in [0.3, 0.4) is 0 Å². The summed E-state index contributed by atoms with van der Waals surface area (Å²) in [7, 11) is 0. The first-order valence-corrected chi connectivity index (χ1v) is 10.1. The molecule has 0 radical (unpaired) electrons. The van der Waals surface area contributed by atoms with E-state index in [0.717, 1.165) is 23.6 Å². The second-order valence-corrected chi connectivity index (χ2v) is 7.55. The smallest absolute Gasteiger partial charge is 0.417 e. The van der Waals surface area contributed by atoms with Gasteiger partial charge in [0.25, 0.3) is 0 Å². The number of hydrogen-bond acceptors (Lipinski definition) is 6. The number of anilines is 1. The number of benzene rings is 1. The summed E-state index contributed by atoms with van der Waals surface area (Å²) in [4.78, 5) is 15.2. The highest BCUT2D eigenvalue weighted by atomic mass is 19.4. The molecule has 0 saturated heterocycles. The molecule has 3 heterocycles. The van der Waals surface area contributed by atoms with Gasteiger partial charge in [0.05, 0.1) is 29.1 Å². The zero-order valence-corrected chi connectivity index (χ0v) is 17.7. The van der Waals surface area contributed by atoms with E-state index in [9.17, 15) is 18.4 Å². The van der Waals surface area contributed by atoms with Gasteiger partial charge in [-0.15, -0.1) is 0 Å². The molecule has 33 heavy (non-hydrogen) atoms. The number of rotatable bonds is 6. The number of fused-ring (bicyclic) bond motifs is 1. The molecule has 0 aliphatic carbocycles. The Bertz CT molecular complexity index is 1320. The van der Waals surface area contributed by atoms with E-state index < -0.39 is 11.7 Å². The van der Waals surface area contributed by atoms with Crippen LogP contribution in [0.15, 0.2) is 48.9 Å². The highest BCUT2D eigenvalue weighted by Gasteiger charge is 2.31. The topological polar surface area (TPSA) is 99.5 Å². The second kappa shape index (κ2) is 8.78. The lowest BCUT2D eigenvalue weighted by Crippen LogP contribution is -2.07. The maximum atomic E-state index is 13.2. The summed E-state index contributed by atoms with van der Waals surface area (Å²) in [6.07, 6.45) is -0.880. The molecule has 4 aromatic rings. The molecule has 168 valence electrons. The Morgan fingerprint density at radius 3 is 2.58 bits per heavy atom. The van der Waals surface area contributed by atoms with Crippen LogP contribution in [-0.2, 0) is 12.7 Å². The van der Waals surface area contributed by atoms with Crippen LogP contribution in [-0.4, -0.2) is 26.0 Å². The van der Waals surface area contributed by atoms with E-state index in [0.29, 0.717) is 12.1 Å². The molecule has 0 saturated carbocycles. The monoisotopic (exact) mass is 452 g/mol. The normalized spacial score (nSPS) is 11.5. The largest absolute Gasteiger partial charge is 0.491 e. The average molecular weight is 452 g/mol. The van der Waals surface area contributed by atoms with Gasteiger partial charge in [0.2, 0.25) is 5.95 Å². The van der Waals surface area contributed by atoms with Crippen molar-refractivity contribution in [3.05, 3.63) is 65.6 Å². The minimum absolute atomic E-state index is 0.0753. The average Bonchev–Trinajstić information content (AvgIpc) is 3.20. The van der Waals surface area contributed by atoms with E-state index in [4.69, 9.17) is 4.74 Å². The molecule has 1 aromatic carbocycles. The predicted octanol–water partition coefficient (Wildman–Crippen LogP) is 5.31. The van der Waals surface area contributed by atoms with Crippen LogP contribution in [0.2, 0.25) is 0 Å². The van der Waals surface area contributed by atoms with Crippen LogP contribution < -0.4 is 10.1 Å². The van der Waals surface area contributed by atoms with Crippen LogP contribution in [0.5, 0.6) is 5.75 Å². The second-order valence-electron chi connectivity index (χ2n) is 7.55. The number of nitriles is 1. The van der Waals surface area contributed by atoms with Gasteiger partial charge in [-0.3, -0.25) is 0 Å². The van der Waals surface area contributed by atoms with Crippen molar-refractivity contribution in [3.63, 3.8) is 0 Å². The first-order valence-electron chi connectivity index (χ1n) is 10.1. The molecule has 0 aliphatic rings. The molecule has 3 aromatic heterocycles. The maximum absolute atomic E-state index is 13.2. The van der Waals surface area contributed by atoms with Crippen molar-refractivity contribution < 1.29 is 17.9 Å². The van der Waals surface area contributed by atoms with Crippen molar-refractivity contribution >= 4 is 17.0 Å². The highest BCUT2D eigenvalue weighted by Crippen LogP contribution is 2.34. The molecule has 0 amide bonds. The Hall–Kier alpha value is -4.13. The van der Waals surface area contributed by atoms with Crippen molar-refractivity contribution in [2.45, 2.75) is 32.7 Å². The van der Waals surface area contributed by atoms with E-state index in [2.05, 4.69) is 25.3 Å². The number of H-pyrrole nitrogens is 1. The molecule has 0 aliphatic heterocycles. The van der Waals surface area contributed by atoms with Crippen LogP contribution >= 0.6 is 0 Å². The molecule has 2 N–H and O–H groups in total. The van der Waals surface area contributed by atoms with Crippen LogP contribution in [0, 0.1) is 11.3 Å². The fourth-order valence-corrected chi connectivity index (χ4v) is 3.25. The van der Waals surface area contributed by atoms with Gasteiger partial charge in [-0.1, -0.05) is 12.1 Å². The zero-order valence-electron chi connectivity index (χ0n) is 17.7. The summed E-state index contributed by atoms with van der Waals surface area (Å²) in [6, 6.07) is 10.5. The van der Waals surface area contributed by atoms with Crippen molar-refractivity contribution in [2.24, 2.45) is 0 Å². The van der Waals surface area contributed by atoms with E-state index in [-0.39, 0.29) is 34.3 Å². The molecule has 4 rings (SSSR count). The Balaban J connectivity index is 1.62. The van der Waals surface area contributed by atoms with Gasteiger partial charge >= 0.3 is 6.18 Å². The van der Waals surface area contributed by atoms with Crippen LogP contribution in [0.1, 0.15) is 30.5 Å². The molecule has 0 fully saturated rings. The quantitative estimate of drug-likeness (QED) is 0.411. The van der Waals surface area contributed by atoms with E-state index in [1.54, 1.807) is 0 Å². The molecule has 0 spiro atoms. The Morgan fingerprint density at radius 2 is 1.91 bits per heavy atom. The minimum Gasteiger partial charge on any atom is -0.491 e. The molecular formula is C23H19F3N6O. The number of nitrogens with one attached hydrogen (secondary N) is 2. The summed E-state index contributed by atoms with van der Waals surface area (Å²) in [5.74, 6) is 0.998. The van der Waals surface area contributed by atoms with Crippen LogP contribution in [0.25, 0.3) is 22.3 Å². The summed E-state index contributed by atoms with van der Waals surface area (Å²) in [6.45, 7) is 4.30. The SMILES string of the molecule is CC(C)Oc1ccc(CNc2ncc(C#N)c(-c3c[nH]c4ncc(C(F)(F)F)cc34)n2)cc1. The molecular weight excluding hydrogens is 433 g/mol. The van der Waals surface area contributed by atoms with Crippen molar-refractivity contribution in [3.8, 4) is 23.1 Å². The summed E-state index contributed by atoms with van der Waals surface area (Å²) >= 11 is 0. The van der Waals surface area contributed by atoms with Gasteiger partial charge < -0.3 is 15.0 Å². The third kappa shape index (κ3) is 4.87. The lowest BCUT2D eigenvalue weighted by Gasteiger charge is -2.11. The van der Waals surface area contributed by atoms with Gasteiger partial charge in [-0.05, 0) is 37.6 Å². The van der Waals surface area contributed by atoms with Gasteiger partial charge in [0.1, 0.15) is 17.5 Å². The number of alkyl halides is 3. The van der Waals surface area contributed by atoms with Gasteiger partial charge in [0.15, 0.2) is 0 Å². The number of nitrogens with zero attached hydrogens (tertiary/aromatic N) is 4. The minimum atomic E-state index is -4.54. The van der Waals surface area contributed by atoms with Crippen molar-refractivity contribution in [1.82, 2.24) is 19.9 Å². The number of aromatic nitrogens is 4. The van der Waals surface area contributed by atoms with Gasteiger partial charge in [-0.25, -0.2) is 15.0 Å². The number of aromatic amines is 1. The van der Waals surface area contributed by atoms with Crippen molar-refractivity contribution in [2.75, 3.05) is 5.32 Å². The first kappa shape index (κ1) is 22.1.